The van der Waals surface area contributed by atoms with E-state index < -0.39 is 0 Å². The summed E-state index contributed by atoms with van der Waals surface area (Å²) in [6.45, 7) is 9.98. The van der Waals surface area contributed by atoms with Crippen LogP contribution in [0.1, 0.15) is 20.8 Å². The van der Waals surface area contributed by atoms with Gasteiger partial charge in [0.2, 0.25) is 0 Å². The number of aliphatic imine (C=N–C) groups is 1. The topological polar surface area (TPSA) is 12.4 Å². The van der Waals surface area contributed by atoms with Gasteiger partial charge in [-0.15, -0.1) is 11.8 Å². The Bertz CT molecular complexity index is 127. The molecular weight excluding hydrogens is 142 g/mol. The van der Waals surface area contributed by atoms with Crippen LogP contribution in [0.25, 0.3) is 0 Å². The Morgan fingerprint density at radius 1 is 1.70 bits per heavy atom. The van der Waals surface area contributed by atoms with E-state index in [2.05, 4.69) is 32.3 Å². The maximum Gasteiger partial charge on any atom is 0.0756 e. The third kappa shape index (κ3) is 3.72. The van der Waals surface area contributed by atoms with Crippen LogP contribution in [-0.2, 0) is 0 Å². The lowest BCUT2D eigenvalue weighted by Gasteiger charge is -2.05. The molecule has 0 aliphatic heterocycles. The Morgan fingerprint density at radius 3 is 2.60 bits per heavy atom. The normalized spacial score (nSPS) is 12.2. The second-order valence-electron chi connectivity index (χ2n) is 2.24. The standard InChI is InChI=1S/C8H15NS/c1-5-9-8(7(3)4)10-6-2/h5,7H,1,6H2,2-4H3/b9-8-. The number of rotatable bonds is 3. The summed E-state index contributed by atoms with van der Waals surface area (Å²) in [5.41, 5.74) is 0. The van der Waals surface area contributed by atoms with Crippen LogP contribution in [0.4, 0.5) is 0 Å². The minimum atomic E-state index is 0.531. The van der Waals surface area contributed by atoms with Gasteiger partial charge in [0, 0.05) is 12.1 Å². The van der Waals surface area contributed by atoms with Crippen LogP contribution < -0.4 is 0 Å². The van der Waals surface area contributed by atoms with E-state index in [9.17, 15) is 0 Å². The van der Waals surface area contributed by atoms with Crippen LogP contribution in [0.2, 0.25) is 0 Å². The molecule has 0 spiro atoms. The molecule has 0 radical (unpaired) electrons. The van der Waals surface area contributed by atoms with Crippen LogP contribution in [0, 0.1) is 5.92 Å². The van der Waals surface area contributed by atoms with Crippen molar-refractivity contribution in [2.75, 3.05) is 5.75 Å². The van der Waals surface area contributed by atoms with E-state index >= 15 is 0 Å². The summed E-state index contributed by atoms with van der Waals surface area (Å²) in [6.07, 6.45) is 1.61. The monoisotopic (exact) mass is 157 g/mol. The lowest BCUT2D eigenvalue weighted by Crippen LogP contribution is -2.01. The highest BCUT2D eigenvalue weighted by Gasteiger charge is 2.02. The van der Waals surface area contributed by atoms with Crippen molar-refractivity contribution in [3.63, 3.8) is 0 Å². The Kier molecular flexibility index (Phi) is 5.40. The Labute approximate surface area is 67.6 Å². The highest BCUT2D eigenvalue weighted by molar-refractivity contribution is 8.13. The lowest BCUT2D eigenvalue weighted by atomic mass is 10.2. The SMILES string of the molecule is C=C/N=C(\SCC)C(C)C. The first-order valence-corrected chi connectivity index (χ1v) is 4.52. The van der Waals surface area contributed by atoms with Gasteiger partial charge in [0.15, 0.2) is 0 Å². The van der Waals surface area contributed by atoms with Crippen molar-refractivity contribution in [1.82, 2.24) is 0 Å². The first-order chi connectivity index (χ1) is 4.72. The van der Waals surface area contributed by atoms with Gasteiger partial charge < -0.3 is 0 Å². The second-order valence-corrected chi connectivity index (χ2v) is 3.52. The molecule has 0 aromatic heterocycles. The quantitative estimate of drug-likeness (QED) is 0.453. The van der Waals surface area contributed by atoms with Crippen LogP contribution in [0.15, 0.2) is 17.8 Å². The molecule has 1 nitrogen and oxygen atoms in total. The molecule has 0 aliphatic rings. The van der Waals surface area contributed by atoms with Crippen molar-refractivity contribution < 1.29 is 0 Å². The summed E-state index contributed by atoms with van der Waals surface area (Å²) < 4.78 is 0. The summed E-state index contributed by atoms with van der Waals surface area (Å²) >= 11 is 1.79. The molecule has 0 amide bonds. The molecule has 0 saturated carbocycles. The van der Waals surface area contributed by atoms with Crippen LogP contribution in [-0.4, -0.2) is 10.8 Å². The van der Waals surface area contributed by atoms with Gasteiger partial charge >= 0.3 is 0 Å². The average molecular weight is 157 g/mol. The van der Waals surface area contributed by atoms with Gasteiger partial charge in [0.1, 0.15) is 0 Å². The van der Waals surface area contributed by atoms with Crippen molar-refractivity contribution in [2.24, 2.45) is 10.9 Å². The average Bonchev–Trinajstić information content (AvgIpc) is 1.87. The van der Waals surface area contributed by atoms with E-state index in [4.69, 9.17) is 0 Å². The van der Waals surface area contributed by atoms with E-state index in [0.717, 1.165) is 5.75 Å². The first kappa shape index (κ1) is 9.76. The third-order valence-corrected chi connectivity index (χ3v) is 2.17. The van der Waals surface area contributed by atoms with Crippen molar-refractivity contribution in [1.29, 1.82) is 0 Å². The molecule has 0 aromatic rings. The molecule has 0 aliphatic carbocycles. The van der Waals surface area contributed by atoms with Crippen LogP contribution in [0.3, 0.4) is 0 Å². The molecule has 0 unspecified atom stereocenters. The minimum Gasteiger partial charge on any atom is -0.255 e. The number of thioether (sulfide) groups is 1. The molecular formula is C8H15NS. The van der Waals surface area contributed by atoms with Crippen LogP contribution >= 0.6 is 11.8 Å². The van der Waals surface area contributed by atoms with Gasteiger partial charge in [-0.25, -0.2) is 0 Å². The Morgan fingerprint density at radius 2 is 2.30 bits per heavy atom. The first-order valence-electron chi connectivity index (χ1n) is 3.53. The fourth-order valence-corrected chi connectivity index (χ4v) is 1.37. The van der Waals surface area contributed by atoms with Gasteiger partial charge in [-0.3, -0.25) is 4.99 Å². The van der Waals surface area contributed by atoms with Gasteiger partial charge in [-0.1, -0.05) is 27.4 Å². The molecule has 0 saturated heterocycles. The molecule has 0 fully saturated rings. The summed E-state index contributed by atoms with van der Waals surface area (Å²) in [5, 5.41) is 1.18. The van der Waals surface area contributed by atoms with E-state index in [1.165, 1.54) is 5.04 Å². The Hall–Kier alpha value is -0.240. The molecule has 0 heterocycles. The Balaban J connectivity index is 3.97. The fourth-order valence-electron chi connectivity index (χ4n) is 0.591. The largest absolute Gasteiger partial charge is 0.255 e. The van der Waals surface area contributed by atoms with E-state index in [1.807, 2.05) is 0 Å². The minimum absolute atomic E-state index is 0.531. The van der Waals surface area contributed by atoms with E-state index in [-0.39, 0.29) is 0 Å². The van der Waals surface area contributed by atoms with Gasteiger partial charge in [-0.2, -0.15) is 0 Å². The van der Waals surface area contributed by atoms with Gasteiger partial charge in [-0.05, 0) is 5.75 Å². The fraction of sp³-hybridized carbons (Fsp3) is 0.625. The van der Waals surface area contributed by atoms with E-state index in [1.54, 1.807) is 18.0 Å². The van der Waals surface area contributed by atoms with E-state index in [0.29, 0.717) is 5.92 Å². The zero-order valence-corrected chi connectivity index (χ0v) is 7.74. The summed E-state index contributed by atoms with van der Waals surface area (Å²) in [6, 6.07) is 0. The van der Waals surface area contributed by atoms with Gasteiger partial charge in [0.25, 0.3) is 0 Å². The number of nitrogens with zero attached hydrogens (tertiary/aromatic N) is 1. The summed E-state index contributed by atoms with van der Waals surface area (Å²) in [5.74, 6) is 1.62. The number of hydrogen-bond acceptors (Lipinski definition) is 2. The molecule has 10 heavy (non-hydrogen) atoms. The smallest absolute Gasteiger partial charge is 0.0756 e. The lowest BCUT2D eigenvalue weighted by molar-refractivity contribution is 0.900. The van der Waals surface area contributed by atoms with Crippen molar-refractivity contribution in [3.8, 4) is 0 Å². The molecule has 0 aromatic carbocycles. The second kappa shape index (κ2) is 5.54. The zero-order valence-electron chi connectivity index (χ0n) is 6.92. The third-order valence-electron chi connectivity index (χ3n) is 1.00. The van der Waals surface area contributed by atoms with Crippen molar-refractivity contribution in [3.05, 3.63) is 12.8 Å². The predicted molar refractivity (Wildman–Crippen MR) is 50.6 cm³/mol. The molecule has 2 heteroatoms. The molecule has 0 atom stereocenters. The molecule has 0 rings (SSSR count). The highest BCUT2D eigenvalue weighted by atomic mass is 32.2. The summed E-state index contributed by atoms with van der Waals surface area (Å²) in [4.78, 5) is 4.16. The molecule has 0 N–H and O–H groups in total. The maximum atomic E-state index is 4.16. The molecule has 58 valence electrons. The van der Waals surface area contributed by atoms with Crippen molar-refractivity contribution in [2.45, 2.75) is 20.8 Å². The predicted octanol–water partition coefficient (Wildman–Crippen LogP) is 2.94. The van der Waals surface area contributed by atoms with Crippen molar-refractivity contribution >= 4 is 16.8 Å². The molecule has 0 bridgehead atoms. The maximum absolute atomic E-state index is 4.16. The highest BCUT2D eigenvalue weighted by Crippen LogP contribution is 2.12. The number of hydrogen-bond donors (Lipinski definition) is 0. The summed E-state index contributed by atoms with van der Waals surface area (Å²) in [7, 11) is 0. The zero-order chi connectivity index (χ0) is 7.98. The van der Waals surface area contributed by atoms with Gasteiger partial charge in [0.05, 0.1) is 5.04 Å². The van der Waals surface area contributed by atoms with Crippen LogP contribution in [0.5, 0.6) is 0 Å².